The molecule has 0 saturated heterocycles. The highest BCUT2D eigenvalue weighted by Gasteiger charge is 2.27. The summed E-state index contributed by atoms with van der Waals surface area (Å²) in [5.41, 5.74) is 6.00. The molecular weight excluding hydrogens is 232 g/mol. The Kier molecular flexibility index (Phi) is 7.11. The molecule has 1 saturated carbocycles. The van der Waals surface area contributed by atoms with Crippen molar-refractivity contribution in [2.75, 3.05) is 20.7 Å². The molecule has 1 aliphatic carbocycles. The second-order valence-electron chi connectivity index (χ2n) is 5.45. The maximum Gasteiger partial charge on any atom is 0.0964 e. The average molecular weight is 260 g/mol. The molecule has 0 aromatic rings. The molecule has 108 valence electrons. The minimum Gasteiger partial charge on any atom is -0.389 e. The minimum absolute atomic E-state index is 0.260. The van der Waals surface area contributed by atoms with Crippen LogP contribution in [0.3, 0.4) is 0 Å². The van der Waals surface area contributed by atoms with Crippen molar-refractivity contribution in [3.63, 3.8) is 0 Å². The van der Waals surface area contributed by atoms with Gasteiger partial charge in [0.25, 0.3) is 0 Å². The maximum absolute atomic E-state index is 10.0. The largest absolute Gasteiger partial charge is 0.389 e. The van der Waals surface area contributed by atoms with Gasteiger partial charge in [-0.2, -0.15) is 5.06 Å². The lowest BCUT2D eigenvalue weighted by molar-refractivity contribution is -0.143. The Balaban J connectivity index is 2.32. The summed E-state index contributed by atoms with van der Waals surface area (Å²) in [6, 6.07) is -0.353. The first kappa shape index (κ1) is 15.9. The standard InChI is InChI=1S/C13H28N2O3/c1-15(18-2)9-12(16)13(17)11(14)8-10-6-4-3-5-7-10/h10-13,16-17H,3-9,14H2,1-2H3. The first-order valence-corrected chi connectivity index (χ1v) is 6.91. The number of aliphatic hydroxyl groups excluding tert-OH is 2. The predicted molar refractivity (Wildman–Crippen MR) is 70.8 cm³/mol. The summed E-state index contributed by atoms with van der Waals surface area (Å²) in [5, 5.41) is 21.4. The number of hydrogen-bond acceptors (Lipinski definition) is 5. The van der Waals surface area contributed by atoms with Gasteiger partial charge in [-0.25, -0.2) is 0 Å². The highest BCUT2D eigenvalue weighted by atomic mass is 16.7. The van der Waals surface area contributed by atoms with Gasteiger partial charge in [-0.3, -0.25) is 0 Å². The summed E-state index contributed by atoms with van der Waals surface area (Å²) in [6.45, 7) is 0.260. The number of aliphatic hydroxyl groups is 2. The van der Waals surface area contributed by atoms with E-state index in [4.69, 9.17) is 10.6 Å². The van der Waals surface area contributed by atoms with Crippen LogP contribution in [0.15, 0.2) is 0 Å². The van der Waals surface area contributed by atoms with E-state index in [0.717, 1.165) is 6.42 Å². The molecule has 1 rings (SSSR count). The van der Waals surface area contributed by atoms with Crippen molar-refractivity contribution in [2.24, 2.45) is 11.7 Å². The average Bonchev–Trinajstić information content (AvgIpc) is 2.38. The monoisotopic (exact) mass is 260 g/mol. The van der Waals surface area contributed by atoms with Crippen LogP contribution in [0.5, 0.6) is 0 Å². The fraction of sp³-hybridized carbons (Fsp3) is 1.00. The summed E-state index contributed by atoms with van der Waals surface area (Å²) in [6.07, 6.45) is 5.30. The van der Waals surface area contributed by atoms with Crippen LogP contribution in [0, 0.1) is 5.92 Å². The van der Waals surface area contributed by atoms with Crippen LogP contribution in [0.25, 0.3) is 0 Å². The lowest BCUT2D eigenvalue weighted by Crippen LogP contribution is -2.48. The molecule has 0 heterocycles. The Morgan fingerprint density at radius 2 is 1.89 bits per heavy atom. The normalized spacial score (nSPS) is 23.0. The van der Waals surface area contributed by atoms with E-state index in [-0.39, 0.29) is 12.6 Å². The molecule has 3 atom stereocenters. The third kappa shape index (κ3) is 5.20. The van der Waals surface area contributed by atoms with E-state index in [0.29, 0.717) is 5.92 Å². The quantitative estimate of drug-likeness (QED) is 0.581. The van der Waals surface area contributed by atoms with Crippen molar-refractivity contribution < 1.29 is 15.1 Å². The molecule has 1 fully saturated rings. The van der Waals surface area contributed by atoms with Crippen molar-refractivity contribution in [3.8, 4) is 0 Å². The molecular formula is C13H28N2O3. The van der Waals surface area contributed by atoms with E-state index in [1.54, 1.807) is 7.05 Å². The van der Waals surface area contributed by atoms with E-state index in [1.165, 1.54) is 44.3 Å². The van der Waals surface area contributed by atoms with Crippen molar-refractivity contribution >= 4 is 0 Å². The molecule has 0 bridgehead atoms. The smallest absolute Gasteiger partial charge is 0.0964 e. The summed E-state index contributed by atoms with van der Waals surface area (Å²) >= 11 is 0. The Labute approximate surface area is 110 Å². The third-order valence-electron chi connectivity index (χ3n) is 3.92. The predicted octanol–water partition coefficient (Wildman–Crippen LogP) is 0.499. The van der Waals surface area contributed by atoms with Gasteiger partial charge in [0, 0.05) is 13.1 Å². The van der Waals surface area contributed by atoms with Gasteiger partial charge in [-0.1, -0.05) is 32.1 Å². The summed E-state index contributed by atoms with van der Waals surface area (Å²) in [5.74, 6) is 0.607. The highest BCUT2D eigenvalue weighted by Crippen LogP contribution is 2.27. The van der Waals surface area contributed by atoms with Gasteiger partial charge in [-0.05, 0) is 12.3 Å². The van der Waals surface area contributed by atoms with Crippen LogP contribution < -0.4 is 5.73 Å². The molecule has 0 amide bonds. The first-order chi connectivity index (χ1) is 8.54. The number of rotatable bonds is 7. The van der Waals surface area contributed by atoms with Crippen LogP contribution in [-0.4, -0.2) is 54.2 Å². The summed E-state index contributed by atoms with van der Waals surface area (Å²) in [7, 11) is 3.24. The van der Waals surface area contributed by atoms with Gasteiger partial charge in [0.2, 0.25) is 0 Å². The Hall–Kier alpha value is -0.200. The summed E-state index contributed by atoms with van der Waals surface area (Å²) < 4.78 is 0. The number of hydrogen-bond donors (Lipinski definition) is 3. The van der Waals surface area contributed by atoms with E-state index in [1.807, 2.05) is 0 Å². The highest BCUT2D eigenvalue weighted by molar-refractivity contribution is 4.82. The fourth-order valence-electron chi connectivity index (χ4n) is 2.68. The molecule has 4 N–H and O–H groups in total. The SMILES string of the molecule is CON(C)CC(O)C(O)C(N)CC1CCCCC1. The van der Waals surface area contributed by atoms with Crippen molar-refractivity contribution in [3.05, 3.63) is 0 Å². The van der Waals surface area contributed by atoms with Crippen molar-refractivity contribution in [1.82, 2.24) is 5.06 Å². The molecule has 1 aliphatic rings. The lowest BCUT2D eigenvalue weighted by Gasteiger charge is -2.30. The molecule has 0 aromatic heterocycles. The Bertz CT molecular complexity index is 222. The van der Waals surface area contributed by atoms with E-state index in [9.17, 15) is 10.2 Å². The maximum atomic E-state index is 10.0. The molecule has 3 unspecified atom stereocenters. The zero-order valence-electron chi connectivity index (χ0n) is 11.6. The van der Waals surface area contributed by atoms with Crippen LogP contribution in [-0.2, 0) is 4.84 Å². The van der Waals surface area contributed by atoms with Crippen LogP contribution in [0.2, 0.25) is 0 Å². The minimum atomic E-state index is -0.885. The van der Waals surface area contributed by atoms with Gasteiger partial charge in [0.1, 0.15) is 0 Å². The zero-order chi connectivity index (χ0) is 13.5. The topological polar surface area (TPSA) is 79.0 Å². The fourth-order valence-corrected chi connectivity index (χ4v) is 2.68. The van der Waals surface area contributed by atoms with Crippen LogP contribution in [0.1, 0.15) is 38.5 Å². The first-order valence-electron chi connectivity index (χ1n) is 6.91. The third-order valence-corrected chi connectivity index (χ3v) is 3.92. The Morgan fingerprint density at radius 1 is 1.28 bits per heavy atom. The zero-order valence-corrected chi connectivity index (χ0v) is 11.6. The van der Waals surface area contributed by atoms with Gasteiger partial charge < -0.3 is 20.8 Å². The molecule has 0 aromatic carbocycles. The number of nitrogens with zero attached hydrogens (tertiary/aromatic N) is 1. The van der Waals surface area contributed by atoms with E-state index < -0.39 is 12.2 Å². The van der Waals surface area contributed by atoms with Gasteiger partial charge >= 0.3 is 0 Å². The van der Waals surface area contributed by atoms with E-state index >= 15 is 0 Å². The van der Waals surface area contributed by atoms with Crippen molar-refractivity contribution in [1.29, 1.82) is 0 Å². The van der Waals surface area contributed by atoms with Crippen LogP contribution in [0.4, 0.5) is 0 Å². The van der Waals surface area contributed by atoms with E-state index in [2.05, 4.69) is 0 Å². The summed E-state index contributed by atoms with van der Waals surface area (Å²) in [4.78, 5) is 4.92. The van der Waals surface area contributed by atoms with Crippen LogP contribution >= 0.6 is 0 Å². The molecule has 0 radical (unpaired) electrons. The number of likely N-dealkylation sites (N-methyl/N-ethyl adjacent to an activating group) is 1. The second kappa shape index (κ2) is 8.07. The second-order valence-corrected chi connectivity index (χ2v) is 5.45. The van der Waals surface area contributed by atoms with Gasteiger partial charge in [0.05, 0.1) is 25.9 Å². The molecule has 5 nitrogen and oxygen atoms in total. The van der Waals surface area contributed by atoms with Gasteiger partial charge in [-0.15, -0.1) is 0 Å². The number of hydroxylamine groups is 2. The van der Waals surface area contributed by atoms with Gasteiger partial charge in [0.15, 0.2) is 0 Å². The molecule has 0 aliphatic heterocycles. The number of nitrogens with two attached hydrogens (primary N) is 1. The molecule has 5 heteroatoms. The Morgan fingerprint density at radius 3 is 2.44 bits per heavy atom. The molecule has 18 heavy (non-hydrogen) atoms. The lowest BCUT2D eigenvalue weighted by atomic mass is 9.83. The van der Waals surface area contributed by atoms with Crippen molar-refractivity contribution in [2.45, 2.75) is 56.8 Å². The molecule has 0 spiro atoms.